The van der Waals surface area contributed by atoms with E-state index in [0.717, 1.165) is 41.8 Å². The molecule has 1 aliphatic heterocycles. The van der Waals surface area contributed by atoms with Crippen molar-refractivity contribution in [1.29, 1.82) is 0 Å². The zero-order chi connectivity index (χ0) is 20.4. The summed E-state index contributed by atoms with van der Waals surface area (Å²) < 4.78 is 0. The predicted octanol–water partition coefficient (Wildman–Crippen LogP) is 1.91. The lowest BCUT2D eigenvalue weighted by Gasteiger charge is -2.25. The summed E-state index contributed by atoms with van der Waals surface area (Å²) in [6, 6.07) is 6.46. The normalized spacial score (nSPS) is 22.1. The molecule has 1 saturated heterocycles. The molecule has 0 spiro atoms. The van der Waals surface area contributed by atoms with Crippen LogP contribution in [0.3, 0.4) is 0 Å². The van der Waals surface area contributed by atoms with Crippen molar-refractivity contribution < 1.29 is 9.59 Å². The maximum absolute atomic E-state index is 12.4. The minimum absolute atomic E-state index is 0.0274. The fourth-order valence-corrected chi connectivity index (χ4v) is 4.22. The Hall–Kier alpha value is -2.41. The molecule has 3 N–H and O–H groups in total. The molecule has 1 aromatic carbocycles. The summed E-state index contributed by atoms with van der Waals surface area (Å²) in [6.07, 6.45) is 5.43. The second kappa shape index (κ2) is 8.53. The van der Waals surface area contributed by atoms with E-state index in [9.17, 15) is 9.59 Å². The van der Waals surface area contributed by atoms with Gasteiger partial charge in [0.15, 0.2) is 0 Å². The summed E-state index contributed by atoms with van der Waals surface area (Å²) in [7, 11) is 2.07. The molecule has 7 nitrogen and oxygen atoms in total. The number of amides is 2. The molecule has 156 valence electrons. The van der Waals surface area contributed by atoms with Crippen LogP contribution in [0.15, 0.2) is 18.2 Å². The molecule has 2 fully saturated rings. The van der Waals surface area contributed by atoms with Crippen molar-refractivity contribution in [2.45, 2.75) is 57.5 Å². The van der Waals surface area contributed by atoms with Crippen LogP contribution in [-0.2, 0) is 16.0 Å². The first-order valence-electron chi connectivity index (χ1n) is 10.7. The van der Waals surface area contributed by atoms with E-state index in [1.54, 1.807) is 0 Å². The Morgan fingerprint density at radius 2 is 1.86 bits per heavy atom. The number of rotatable bonds is 8. The number of nitrogens with one attached hydrogen (secondary N) is 3. The summed E-state index contributed by atoms with van der Waals surface area (Å²) in [5.74, 6) is 1.77. The largest absolute Gasteiger partial charge is 0.356 e. The van der Waals surface area contributed by atoms with E-state index < -0.39 is 0 Å². The summed E-state index contributed by atoms with van der Waals surface area (Å²) >= 11 is 0. The number of aromatic nitrogens is 2. The molecule has 0 unspecified atom stereocenters. The summed E-state index contributed by atoms with van der Waals surface area (Å²) in [6.45, 7) is 3.38. The maximum atomic E-state index is 12.4. The minimum Gasteiger partial charge on any atom is -0.356 e. The van der Waals surface area contributed by atoms with Crippen LogP contribution in [0.25, 0.3) is 11.0 Å². The fraction of sp³-hybridized carbons (Fsp3) is 0.591. The molecule has 2 aromatic rings. The summed E-state index contributed by atoms with van der Waals surface area (Å²) in [5, 5.41) is 6.13. The third-order valence-corrected chi connectivity index (χ3v) is 6.26. The lowest BCUT2D eigenvalue weighted by molar-refractivity contribution is -0.122. The van der Waals surface area contributed by atoms with Gasteiger partial charge in [-0.1, -0.05) is 6.07 Å². The molecule has 2 heterocycles. The molecule has 29 heavy (non-hydrogen) atoms. The Balaban J connectivity index is 1.21. The van der Waals surface area contributed by atoms with Gasteiger partial charge in [-0.05, 0) is 63.3 Å². The quantitative estimate of drug-likeness (QED) is 0.635. The third-order valence-electron chi connectivity index (χ3n) is 6.26. The Kier molecular flexibility index (Phi) is 5.85. The minimum atomic E-state index is 0.0274. The van der Waals surface area contributed by atoms with E-state index >= 15 is 0 Å². The Bertz CT molecular complexity index is 888. The molecule has 1 saturated carbocycles. The number of benzene rings is 1. The summed E-state index contributed by atoms with van der Waals surface area (Å²) in [4.78, 5) is 34.4. The van der Waals surface area contributed by atoms with Crippen molar-refractivity contribution >= 4 is 22.8 Å². The van der Waals surface area contributed by atoms with Crippen LogP contribution in [0.4, 0.5) is 0 Å². The number of nitrogens with zero attached hydrogens (tertiary/aromatic N) is 2. The average molecular weight is 398 g/mol. The zero-order valence-corrected chi connectivity index (χ0v) is 17.3. The molecule has 1 aliphatic carbocycles. The highest BCUT2D eigenvalue weighted by atomic mass is 16.2. The molecule has 2 aliphatic rings. The molecule has 0 bridgehead atoms. The van der Waals surface area contributed by atoms with Crippen LogP contribution < -0.4 is 10.6 Å². The highest BCUT2D eigenvalue weighted by Crippen LogP contribution is 2.28. The predicted molar refractivity (Wildman–Crippen MR) is 112 cm³/mol. The molecule has 4 rings (SSSR count). The number of carbonyl (C=O) groups excluding carboxylic acids is 2. The number of imidazole rings is 1. The Labute approximate surface area is 171 Å². The van der Waals surface area contributed by atoms with Gasteiger partial charge in [0.05, 0.1) is 17.5 Å². The van der Waals surface area contributed by atoms with Crippen molar-refractivity contribution in [2.24, 2.45) is 5.92 Å². The van der Waals surface area contributed by atoms with Crippen LogP contribution >= 0.6 is 0 Å². The number of fused-ring (bicyclic) bond motifs is 1. The number of H-pyrrole nitrogens is 1. The van der Waals surface area contributed by atoms with Gasteiger partial charge in [-0.2, -0.15) is 0 Å². The van der Waals surface area contributed by atoms with E-state index in [4.69, 9.17) is 0 Å². The Morgan fingerprint density at radius 1 is 1.10 bits per heavy atom. The molecular formula is C22H31N5O2. The van der Waals surface area contributed by atoms with Crippen molar-refractivity contribution in [3.8, 4) is 0 Å². The molecular weight excluding hydrogens is 366 g/mol. The van der Waals surface area contributed by atoms with Crippen LogP contribution in [0.5, 0.6) is 0 Å². The van der Waals surface area contributed by atoms with E-state index in [-0.39, 0.29) is 23.9 Å². The van der Waals surface area contributed by atoms with Crippen LogP contribution in [0.2, 0.25) is 0 Å². The lowest BCUT2D eigenvalue weighted by atomic mass is 10.1. The van der Waals surface area contributed by atoms with Crippen LogP contribution in [0.1, 0.15) is 43.5 Å². The molecule has 0 radical (unpaired) electrons. The highest BCUT2D eigenvalue weighted by molar-refractivity contribution is 5.81. The van der Waals surface area contributed by atoms with E-state index in [0.29, 0.717) is 25.3 Å². The molecule has 1 aromatic heterocycles. The zero-order valence-electron chi connectivity index (χ0n) is 17.3. The number of aromatic amines is 1. The van der Waals surface area contributed by atoms with Crippen LogP contribution in [-0.4, -0.2) is 58.9 Å². The Morgan fingerprint density at radius 3 is 2.66 bits per heavy atom. The van der Waals surface area contributed by atoms with Gasteiger partial charge in [0.25, 0.3) is 0 Å². The second-order valence-corrected chi connectivity index (χ2v) is 8.66. The van der Waals surface area contributed by atoms with Gasteiger partial charge in [-0.15, -0.1) is 0 Å². The first kappa shape index (κ1) is 19.9. The van der Waals surface area contributed by atoms with Gasteiger partial charge in [0.1, 0.15) is 5.82 Å². The van der Waals surface area contributed by atoms with Gasteiger partial charge < -0.3 is 15.6 Å². The molecule has 7 heteroatoms. The van der Waals surface area contributed by atoms with Crippen molar-refractivity contribution in [3.63, 3.8) is 0 Å². The van der Waals surface area contributed by atoms with Gasteiger partial charge in [0, 0.05) is 31.6 Å². The smallest absolute Gasteiger partial charge is 0.224 e. The number of hydrogen-bond donors (Lipinski definition) is 3. The van der Waals surface area contributed by atoms with Gasteiger partial charge >= 0.3 is 0 Å². The SMILES string of the molecule is Cc1nc2ccc(CC(=O)NC[C@@H]3CC[C@H](CC(=O)NCC4CC4)N3C)cc2[nH]1. The fourth-order valence-electron chi connectivity index (χ4n) is 4.22. The van der Waals surface area contributed by atoms with E-state index in [2.05, 4.69) is 32.5 Å². The number of likely N-dealkylation sites (tertiary alicyclic amines) is 1. The highest BCUT2D eigenvalue weighted by Gasteiger charge is 2.32. The standard InChI is InChI=1S/C22H31N5O2/c1-14-25-19-8-5-16(9-20(19)26-14)10-21(28)24-13-18-7-6-17(27(18)2)11-22(29)23-12-15-3-4-15/h5,8-9,15,17-18H,3-4,6-7,10-13H2,1-2H3,(H,23,29)(H,24,28)(H,25,26)/t17-,18+/m1/s1. The number of hydrogen-bond acceptors (Lipinski definition) is 4. The van der Waals surface area contributed by atoms with Crippen molar-refractivity contribution in [2.75, 3.05) is 20.1 Å². The van der Waals surface area contributed by atoms with E-state index in [1.807, 2.05) is 25.1 Å². The number of aryl methyl sites for hydroxylation is 1. The topological polar surface area (TPSA) is 90.1 Å². The van der Waals surface area contributed by atoms with Gasteiger partial charge in [0.2, 0.25) is 11.8 Å². The summed E-state index contributed by atoms with van der Waals surface area (Å²) in [5.41, 5.74) is 2.86. The average Bonchev–Trinajstić information content (AvgIpc) is 3.35. The molecule has 2 atom stereocenters. The van der Waals surface area contributed by atoms with E-state index in [1.165, 1.54) is 12.8 Å². The van der Waals surface area contributed by atoms with Crippen molar-refractivity contribution in [3.05, 3.63) is 29.6 Å². The van der Waals surface area contributed by atoms with Gasteiger partial charge in [-0.3, -0.25) is 14.5 Å². The van der Waals surface area contributed by atoms with Crippen molar-refractivity contribution in [1.82, 2.24) is 25.5 Å². The first-order chi connectivity index (χ1) is 14.0. The second-order valence-electron chi connectivity index (χ2n) is 8.66. The lowest BCUT2D eigenvalue weighted by Crippen LogP contribution is -2.42. The molecule has 2 amide bonds. The maximum Gasteiger partial charge on any atom is 0.224 e. The van der Waals surface area contributed by atoms with Gasteiger partial charge in [-0.25, -0.2) is 4.98 Å². The number of likely N-dealkylation sites (N-methyl/N-ethyl adjacent to an activating group) is 1. The first-order valence-corrected chi connectivity index (χ1v) is 10.7. The third kappa shape index (κ3) is 5.15. The number of carbonyl (C=O) groups is 2. The van der Waals surface area contributed by atoms with Crippen LogP contribution in [0, 0.1) is 12.8 Å². The monoisotopic (exact) mass is 397 g/mol.